The van der Waals surface area contributed by atoms with Gasteiger partial charge in [0.15, 0.2) is 5.96 Å². The van der Waals surface area contributed by atoms with E-state index in [0.29, 0.717) is 6.04 Å². The highest BCUT2D eigenvalue weighted by Gasteiger charge is 2.23. The Morgan fingerprint density at radius 2 is 1.93 bits per heavy atom. The minimum Gasteiger partial charge on any atom is -0.496 e. The van der Waals surface area contributed by atoms with Crippen molar-refractivity contribution in [1.29, 1.82) is 0 Å². The molecule has 1 fully saturated rings. The molecule has 0 radical (unpaired) electrons. The SMILES string of the molecule is CN=C(NCc1ccc(OC)c(C)c1)NC1CCN(c2ccc(C)cc2)C1.I. The second-order valence-corrected chi connectivity index (χ2v) is 7.14. The van der Waals surface area contributed by atoms with E-state index in [-0.39, 0.29) is 24.0 Å². The molecular formula is C22H31IN4O. The minimum absolute atomic E-state index is 0. The third-order valence-electron chi connectivity index (χ3n) is 5.07. The number of aliphatic imine (C=N–C) groups is 1. The van der Waals surface area contributed by atoms with E-state index < -0.39 is 0 Å². The first-order chi connectivity index (χ1) is 13.1. The van der Waals surface area contributed by atoms with Crippen molar-refractivity contribution in [2.75, 3.05) is 32.1 Å². The van der Waals surface area contributed by atoms with E-state index in [9.17, 15) is 0 Å². The lowest BCUT2D eigenvalue weighted by atomic mass is 10.1. The summed E-state index contributed by atoms with van der Waals surface area (Å²) in [6, 6.07) is 15.4. The molecule has 1 aliphatic rings. The van der Waals surface area contributed by atoms with Crippen molar-refractivity contribution >= 4 is 35.6 Å². The number of benzene rings is 2. The van der Waals surface area contributed by atoms with Gasteiger partial charge >= 0.3 is 0 Å². The predicted molar refractivity (Wildman–Crippen MR) is 128 cm³/mol. The molecule has 0 saturated carbocycles. The van der Waals surface area contributed by atoms with Gasteiger partial charge in [0.05, 0.1) is 7.11 Å². The highest BCUT2D eigenvalue weighted by molar-refractivity contribution is 14.0. The number of nitrogens with one attached hydrogen (secondary N) is 2. The Kier molecular flexibility index (Phi) is 8.41. The van der Waals surface area contributed by atoms with Gasteiger partial charge in [0, 0.05) is 38.4 Å². The Morgan fingerprint density at radius 3 is 2.57 bits per heavy atom. The summed E-state index contributed by atoms with van der Waals surface area (Å²) in [5.74, 6) is 1.77. The average Bonchev–Trinajstić information content (AvgIpc) is 3.14. The Hall–Kier alpha value is -1.96. The molecule has 0 aromatic heterocycles. The number of ether oxygens (including phenoxy) is 1. The Labute approximate surface area is 185 Å². The molecule has 1 heterocycles. The van der Waals surface area contributed by atoms with Crippen molar-refractivity contribution in [3.05, 3.63) is 59.2 Å². The summed E-state index contributed by atoms with van der Waals surface area (Å²) in [5, 5.41) is 6.98. The maximum Gasteiger partial charge on any atom is 0.191 e. The van der Waals surface area contributed by atoms with Gasteiger partial charge in [0.2, 0.25) is 0 Å². The van der Waals surface area contributed by atoms with Crippen LogP contribution < -0.4 is 20.3 Å². The molecule has 1 saturated heterocycles. The summed E-state index contributed by atoms with van der Waals surface area (Å²) in [7, 11) is 3.52. The topological polar surface area (TPSA) is 48.9 Å². The molecule has 1 unspecified atom stereocenters. The summed E-state index contributed by atoms with van der Waals surface area (Å²) in [6.45, 7) is 6.98. The van der Waals surface area contributed by atoms with Gasteiger partial charge in [-0.15, -0.1) is 24.0 Å². The second kappa shape index (κ2) is 10.5. The Bertz CT molecular complexity index is 792. The first-order valence-electron chi connectivity index (χ1n) is 9.51. The van der Waals surface area contributed by atoms with E-state index in [4.69, 9.17) is 4.74 Å². The molecule has 5 nitrogen and oxygen atoms in total. The monoisotopic (exact) mass is 494 g/mol. The van der Waals surface area contributed by atoms with Crippen LogP contribution >= 0.6 is 24.0 Å². The zero-order valence-electron chi connectivity index (χ0n) is 17.2. The van der Waals surface area contributed by atoms with Gasteiger partial charge in [-0.2, -0.15) is 0 Å². The molecule has 2 N–H and O–H groups in total. The van der Waals surface area contributed by atoms with E-state index in [0.717, 1.165) is 43.3 Å². The van der Waals surface area contributed by atoms with Crippen molar-refractivity contribution in [1.82, 2.24) is 10.6 Å². The highest BCUT2D eigenvalue weighted by Crippen LogP contribution is 2.21. The molecule has 3 rings (SSSR count). The van der Waals surface area contributed by atoms with Crippen LogP contribution in [-0.2, 0) is 6.54 Å². The molecule has 1 atom stereocenters. The van der Waals surface area contributed by atoms with Crippen LogP contribution in [0.2, 0.25) is 0 Å². The minimum atomic E-state index is 0. The van der Waals surface area contributed by atoms with Crippen LogP contribution in [0.15, 0.2) is 47.5 Å². The molecule has 28 heavy (non-hydrogen) atoms. The predicted octanol–water partition coefficient (Wildman–Crippen LogP) is 3.87. The highest BCUT2D eigenvalue weighted by atomic mass is 127. The summed E-state index contributed by atoms with van der Waals surface area (Å²) >= 11 is 0. The van der Waals surface area contributed by atoms with Crippen molar-refractivity contribution in [2.45, 2.75) is 32.9 Å². The van der Waals surface area contributed by atoms with E-state index in [1.807, 2.05) is 13.1 Å². The van der Waals surface area contributed by atoms with E-state index >= 15 is 0 Å². The Balaban J connectivity index is 0.00000280. The number of hydrogen-bond donors (Lipinski definition) is 2. The zero-order valence-corrected chi connectivity index (χ0v) is 19.5. The molecule has 0 aliphatic carbocycles. The second-order valence-electron chi connectivity index (χ2n) is 7.14. The molecule has 0 spiro atoms. The maximum absolute atomic E-state index is 5.33. The van der Waals surface area contributed by atoms with Crippen LogP contribution in [-0.4, -0.2) is 39.2 Å². The molecule has 0 amide bonds. The third kappa shape index (κ3) is 5.77. The normalized spacial score (nSPS) is 16.5. The molecule has 1 aliphatic heterocycles. The number of aryl methyl sites for hydroxylation is 2. The van der Waals surface area contributed by atoms with Crippen LogP contribution in [0.25, 0.3) is 0 Å². The summed E-state index contributed by atoms with van der Waals surface area (Å²) < 4.78 is 5.33. The summed E-state index contributed by atoms with van der Waals surface area (Å²) in [4.78, 5) is 6.81. The molecule has 0 bridgehead atoms. The molecule has 2 aromatic rings. The first kappa shape index (κ1) is 22.3. The van der Waals surface area contributed by atoms with E-state index in [1.54, 1.807) is 7.11 Å². The van der Waals surface area contributed by atoms with Gasteiger partial charge in [-0.1, -0.05) is 29.8 Å². The lowest BCUT2D eigenvalue weighted by molar-refractivity contribution is 0.411. The number of anilines is 1. The summed E-state index contributed by atoms with van der Waals surface area (Å²) in [6.07, 6.45) is 1.11. The van der Waals surface area contributed by atoms with Crippen molar-refractivity contribution < 1.29 is 4.74 Å². The Morgan fingerprint density at radius 1 is 1.18 bits per heavy atom. The van der Waals surface area contributed by atoms with E-state index in [2.05, 4.69) is 70.8 Å². The molecular weight excluding hydrogens is 463 g/mol. The van der Waals surface area contributed by atoms with Crippen LogP contribution in [0, 0.1) is 13.8 Å². The number of halogens is 1. The lowest BCUT2D eigenvalue weighted by Gasteiger charge is -2.20. The standard InChI is InChI=1S/C22H30N4O.HI/c1-16-5-8-20(9-6-16)26-12-11-19(15-26)25-22(23-3)24-14-18-7-10-21(27-4)17(2)13-18;/h5-10,13,19H,11-12,14-15H2,1-4H3,(H2,23,24,25);1H. The van der Waals surface area contributed by atoms with Crippen molar-refractivity contribution in [3.8, 4) is 5.75 Å². The van der Waals surface area contributed by atoms with Gasteiger partial charge in [-0.05, 0) is 49.6 Å². The average molecular weight is 494 g/mol. The van der Waals surface area contributed by atoms with Crippen LogP contribution in [0.1, 0.15) is 23.1 Å². The number of hydrogen-bond acceptors (Lipinski definition) is 3. The number of nitrogens with zero attached hydrogens (tertiary/aromatic N) is 2. The quantitative estimate of drug-likeness (QED) is 0.377. The fraction of sp³-hybridized carbons (Fsp3) is 0.409. The van der Waals surface area contributed by atoms with Crippen molar-refractivity contribution in [3.63, 3.8) is 0 Å². The van der Waals surface area contributed by atoms with Crippen LogP contribution in [0.5, 0.6) is 5.75 Å². The van der Waals surface area contributed by atoms with Gasteiger partial charge in [-0.25, -0.2) is 0 Å². The number of rotatable bonds is 5. The van der Waals surface area contributed by atoms with Gasteiger partial charge in [-0.3, -0.25) is 4.99 Å². The van der Waals surface area contributed by atoms with Crippen LogP contribution in [0.3, 0.4) is 0 Å². The fourth-order valence-corrected chi connectivity index (χ4v) is 3.49. The van der Waals surface area contributed by atoms with Gasteiger partial charge in [0.1, 0.15) is 5.75 Å². The molecule has 152 valence electrons. The smallest absolute Gasteiger partial charge is 0.191 e. The van der Waals surface area contributed by atoms with Crippen LogP contribution in [0.4, 0.5) is 5.69 Å². The van der Waals surface area contributed by atoms with Gasteiger partial charge in [0.25, 0.3) is 0 Å². The number of guanidine groups is 1. The van der Waals surface area contributed by atoms with Crippen molar-refractivity contribution in [2.24, 2.45) is 4.99 Å². The van der Waals surface area contributed by atoms with E-state index in [1.165, 1.54) is 16.8 Å². The fourth-order valence-electron chi connectivity index (χ4n) is 3.49. The number of methoxy groups -OCH3 is 1. The first-order valence-corrected chi connectivity index (χ1v) is 9.51. The molecule has 6 heteroatoms. The van der Waals surface area contributed by atoms with Gasteiger partial charge < -0.3 is 20.3 Å². The lowest BCUT2D eigenvalue weighted by Crippen LogP contribution is -2.44. The largest absolute Gasteiger partial charge is 0.496 e. The maximum atomic E-state index is 5.33. The third-order valence-corrected chi connectivity index (χ3v) is 5.07. The molecule has 2 aromatic carbocycles. The summed E-state index contributed by atoms with van der Waals surface area (Å²) in [5.41, 5.74) is 4.95. The zero-order chi connectivity index (χ0) is 19.2.